The molecule has 2 atom stereocenters. The second kappa shape index (κ2) is 13.4. The van der Waals surface area contributed by atoms with Gasteiger partial charge < -0.3 is 18.3 Å². The summed E-state index contributed by atoms with van der Waals surface area (Å²) in [4.78, 5) is 26.0. The fourth-order valence-electron chi connectivity index (χ4n) is 2.98. The third-order valence-corrected chi connectivity index (χ3v) is 16.6. The van der Waals surface area contributed by atoms with E-state index in [1.807, 2.05) is 30.3 Å². The van der Waals surface area contributed by atoms with Gasteiger partial charge in [-0.3, -0.25) is 0 Å². The molecule has 0 saturated carbocycles. The highest BCUT2D eigenvalue weighted by molar-refractivity contribution is 6.74. The van der Waals surface area contributed by atoms with Gasteiger partial charge in [0.15, 0.2) is 22.7 Å². The van der Waals surface area contributed by atoms with Crippen molar-refractivity contribution in [3.05, 3.63) is 48.0 Å². The van der Waals surface area contributed by atoms with Gasteiger partial charge in [0.2, 0.25) is 0 Å². The summed E-state index contributed by atoms with van der Waals surface area (Å²) in [6.07, 6.45) is -0.808. The van der Waals surface area contributed by atoms with Crippen molar-refractivity contribution in [2.75, 3.05) is 13.2 Å². The molecule has 6 nitrogen and oxygen atoms in total. The fourth-order valence-corrected chi connectivity index (χ4v) is 5.25. The summed E-state index contributed by atoms with van der Waals surface area (Å²) in [6.45, 7) is 27.8. The molecule has 0 aliphatic rings. The van der Waals surface area contributed by atoms with Crippen LogP contribution in [0.3, 0.4) is 0 Å². The molecule has 0 unspecified atom stereocenters. The van der Waals surface area contributed by atoms with Gasteiger partial charge in [-0.25, -0.2) is 9.59 Å². The zero-order chi connectivity index (χ0) is 28.7. The lowest BCUT2D eigenvalue weighted by Crippen LogP contribution is -2.49. The molecule has 0 fully saturated rings. The average molecular weight is 551 g/mol. The first-order chi connectivity index (χ1) is 16.8. The number of hydrogen-bond donors (Lipinski definition) is 0. The third kappa shape index (κ3) is 10.1. The molecule has 1 rings (SSSR count). The van der Waals surface area contributed by atoms with E-state index < -0.39 is 40.8 Å². The van der Waals surface area contributed by atoms with Crippen molar-refractivity contribution in [2.24, 2.45) is 0 Å². The van der Waals surface area contributed by atoms with E-state index in [2.05, 4.69) is 74.3 Å². The van der Waals surface area contributed by atoms with E-state index in [0.717, 1.165) is 5.56 Å². The first-order valence-electron chi connectivity index (χ1n) is 13.2. The Morgan fingerprint density at radius 2 is 1.43 bits per heavy atom. The van der Waals surface area contributed by atoms with Gasteiger partial charge >= 0.3 is 11.9 Å². The molecule has 0 radical (unpaired) electrons. The van der Waals surface area contributed by atoms with E-state index in [4.69, 9.17) is 18.3 Å². The van der Waals surface area contributed by atoms with E-state index in [0.29, 0.717) is 12.8 Å². The van der Waals surface area contributed by atoms with Crippen LogP contribution in [0, 0.1) is 0 Å². The summed E-state index contributed by atoms with van der Waals surface area (Å²) in [5, 5.41) is -0.0711. The third-order valence-electron chi connectivity index (χ3n) is 7.63. The van der Waals surface area contributed by atoms with Crippen LogP contribution in [0.25, 0.3) is 0 Å². The fraction of sp³-hybridized carbons (Fsp3) is 0.655. The van der Waals surface area contributed by atoms with Gasteiger partial charge in [-0.1, -0.05) is 78.5 Å². The lowest BCUT2D eigenvalue weighted by molar-refractivity contribution is -0.166. The van der Waals surface area contributed by atoms with Gasteiger partial charge in [0.05, 0.1) is 24.9 Å². The minimum Gasteiger partial charge on any atom is -0.463 e. The second-order valence-electron chi connectivity index (χ2n) is 12.6. The number of hydrogen-bond acceptors (Lipinski definition) is 6. The number of benzene rings is 1. The Morgan fingerprint density at radius 1 is 0.892 bits per heavy atom. The molecule has 37 heavy (non-hydrogen) atoms. The van der Waals surface area contributed by atoms with E-state index in [-0.39, 0.29) is 28.9 Å². The summed E-state index contributed by atoms with van der Waals surface area (Å²) in [7, 11) is -4.39. The Labute approximate surface area is 227 Å². The Balaban J connectivity index is 3.13. The summed E-state index contributed by atoms with van der Waals surface area (Å²) < 4.78 is 24.0. The van der Waals surface area contributed by atoms with Crippen molar-refractivity contribution in [3.63, 3.8) is 0 Å². The molecule has 0 amide bonds. The lowest BCUT2D eigenvalue weighted by atomic mass is 10.1. The van der Waals surface area contributed by atoms with E-state index in [1.165, 1.54) is 0 Å². The number of esters is 2. The molecule has 0 N–H and O–H groups in total. The van der Waals surface area contributed by atoms with Crippen LogP contribution in [-0.2, 0) is 34.3 Å². The van der Waals surface area contributed by atoms with Gasteiger partial charge in [0.1, 0.15) is 0 Å². The topological polar surface area (TPSA) is 71.1 Å². The molecular weight excluding hydrogens is 500 g/mol. The average Bonchev–Trinajstić information content (AvgIpc) is 2.78. The minimum absolute atomic E-state index is 0.00279. The Bertz CT molecular complexity index is 897. The van der Waals surface area contributed by atoms with Crippen LogP contribution in [0.15, 0.2) is 42.5 Å². The molecule has 0 spiro atoms. The Hall–Kier alpha value is -1.75. The summed E-state index contributed by atoms with van der Waals surface area (Å²) in [5.74, 6) is -1.22. The first-order valence-corrected chi connectivity index (χ1v) is 19.1. The van der Waals surface area contributed by atoms with Crippen LogP contribution < -0.4 is 0 Å². The monoisotopic (exact) mass is 550 g/mol. The largest absolute Gasteiger partial charge is 0.463 e. The predicted octanol–water partition coefficient (Wildman–Crippen LogP) is 7.06. The van der Waals surface area contributed by atoms with Crippen molar-refractivity contribution in [1.29, 1.82) is 0 Å². The number of ether oxygens (including phenoxy) is 2. The van der Waals surface area contributed by atoms with Crippen LogP contribution in [-0.4, -0.2) is 54.0 Å². The van der Waals surface area contributed by atoms with Crippen LogP contribution >= 0.6 is 0 Å². The first kappa shape index (κ1) is 33.3. The maximum atomic E-state index is 13.3. The molecule has 210 valence electrons. The van der Waals surface area contributed by atoms with Crippen molar-refractivity contribution >= 4 is 28.6 Å². The Morgan fingerprint density at radius 3 is 1.92 bits per heavy atom. The van der Waals surface area contributed by atoms with E-state index in [9.17, 15) is 9.59 Å². The molecule has 0 bridgehead atoms. The zero-order valence-electron chi connectivity index (χ0n) is 25.0. The predicted molar refractivity (Wildman–Crippen MR) is 156 cm³/mol. The van der Waals surface area contributed by atoms with Crippen LogP contribution in [0.1, 0.15) is 60.5 Å². The summed E-state index contributed by atoms with van der Waals surface area (Å²) >= 11 is 0. The van der Waals surface area contributed by atoms with Crippen molar-refractivity contribution < 1.29 is 27.9 Å². The van der Waals surface area contributed by atoms with E-state index in [1.54, 1.807) is 6.92 Å². The van der Waals surface area contributed by atoms with Crippen LogP contribution in [0.2, 0.25) is 36.3 Å². The van der Waals surface area contributed by atoms with Crippen molar-refractivity contribution in [2.45, 2.75) is 110 Å². The zero-order valence-corrected chi connectivity index (χ0v) is 27.0. The molecule has 1 aromatic rings. The Kier molecular flexibility index (Phi) is 12.0. The molecular formula is C29H50O6Si2. The quantitative estimate of drug-likeness (QED) is 0.149. The van der Waals surface area contributed by atoms with Crippen molar-refractivity contribution in [1.82, 2.24) is 0 Å². The van der Waals surface area contributed by atoms with Gasteiger partial charge in [0, 0.05) is 0 Å². The van der Waals surface area contributed by atoms with Crippen LogP contribution in [0.5, 0.6) is 0 Å². The molecule has 1 aromatic carbocycles. The number of carbonyl (C=O) groups is 2. The maximum absolute atomic E-state index is 13.3. The molecule has 0 heterocycles. The van der Waals surface area contributed by atoms with Gasteiger partial charge in [0.25, 0.3) is 0 Å². The molecule has 0 saturated heterocycles. The smallest absolute Gasteiger partial charge is 0.347 e. The number of carbonyl (C=O) groups excluding carboxylic acids is 2. The summed E-state index contributed by atoms with van der Waals surface area (Å²) in [5.41, 5.74) is 1.21. The molecule has 0 aliphatic heterocycles. The SMILES string of the molecule is C=C(C(=O)O[C@@H](CCc1ccccc1)C(=O)OCC)[C@@H](CO[Si](C)(C)C(C)(C)C)O[Si](C)(C)C(C)(C)C. The van der Waals surface area contributed by atoms with Gasteiger partial charge in [-0.15, -0.1) is 0 Å². The van der Waals surface area contributed by atoms with Crippen molar-refractivity contribution in [3.8, 4) is 0 Å². The second-order valence-corrected chi connectivity index (χ2v) is 22.2. The van der Waals surface area contributed by atoms with Gasteiger partial charge in [-0.2, -0.15) is 0 Å². The van der Waals surface area contributed by atoms with Crippen LogP contribution in [0.4, 0.5) is 0 Å². The minimum atomic E-state index is -2.28. The normalized spacial score (nSPS) is 14.6. The summed E-state index contributed by atoms with van der Waals surface area (Å²) in [6, 6.07) is 9.76. The number of rotatable bonds is 13. The van der Waals surface area contributed by atoms with Gasteiger partial charge in [-0.05, 0) is 61.6 Å². The highest BCUT2D eigenvalue weighted by Crippen LogP contribution is 2.40. The standard InChI is InChI=1S/C29H50O6Si2/c1-13-32-27(31)24(20-19-23-17-15-14-16-18-23)34-26(30)22(2)25(35-37(11,12)29(6,7)8)21-33-36(9,10)28(3,4)5/h14-18,24-25H,2,13,19-21H2,1,3-12H3/t24-,25+/m0/s1. The highest BCUT2D eigenvalue weighted by atomic mass is 28.4. The molecule has 0 aromatic heterocycles. The molecule has 0 aliphatic carbocycles. The maximum Gasteiger partial charge on any atom is 0.347 e. The lowest BCUT2D eigenvalue weighted by Gasteiger charge is -2.41. The van der Waals surface area contributed by atoms with E-state index >= 15 is 0 Å². The highest BCUT2D eigenvalue weighted by Gasteiger charge is 2.43. The molecule has 8 heteroatoms. The number of aryl methyl sites for hydroxylation is 1.